The quantitative estimate of drug-likeness (QED) is 0.626. The molecule has 1 N–H and O–H groups in total. The minimum atomic E-state index is -0.0151. The zero-order valence-corrected chi connectivity index (χ0v) is 16.6. The highest BCUT2D eigenvalue weighted by atomic mass is 16.2. The minimum Gasteiger partial charge on any atom is -0.372 e. The normalized spacial score (nSPS) is 13.3. The van der Waals surface area contributed by atoms with Gasteiger partial charge >= 0.3 is 0 Å². The van der Waals surface area contributed by atoms with Gasteiger partial charge in [0.2, 0.25) is 5.91 Å². The molecule has 1 aliphatic heterocycles. The first-order valence-electron chi connectivity index (χ1n) is 10.3. The molecule has 0 radical (unpaired) electrons. The number of hydrogen-bond donors (Lipinski definition) is 1. The Balaban J connectivity index is 1.42. The van der Waals surface area contributed by atoms with Crippen LogP contribution in [-0.2, 0) is 11.3 Å². The Bertz CT molecular complexity index is 904. The van der Waals surface area contributed by atoms with Crippen molar-refractivity contribution in [2.24, 2.45) is 0 Å². The van der Waals surface area contributed by atoms with E-state index in [2.05, 4.69) is 39.4 Å². The van der Waals surface area contributed by atoms with E-state index in [1.165, 1.54) is 24.1 Å². The summed E-state index contributed by atoms with van der Waals surface area (Å²) in [4.78, 5) is 17.3. The minimum absolute atomic E-state index is 0.0151. The molecule has 1 amide bonds. The second kappa shape index (κ2) is 9.28. The van der Waals surface area contributed by atoms with E-state index in [0.29, 0.717) is 13.1 Å². The highest BCUT2D eigenvalue weighted by molar-refractivity contribution is 5.94. The Morgan fingerprint density at radius 1 is 0.828 bits per heavy atom. The van der Waals surface area contributed by atoms with E-state index in [4.69, 9.17) is 0 Å². The van der Waals surface area contributed by atoms with Gasteiger partial charge in [-0.1, -0.05) is 48.5 Å². The maximum atomic E-state index is 12.8. The standard InChI is InChI=1S/C25H27N3O/c29-25(26-22-13-15-24(16-14-22)27-17-7-8-18-27)20-28(23-11-5-2-6-12-23)19-21-9-3-1-4-10-21/h1-6,9-16H,7-8,17-20H2,(H,26,29). The van der Waals surface area contributed by atoms with Gasteiger partial charge in [-0.2, -0.15) is 0 Å². The summed E-state index contributed by atoms with van der Waals surface area (Å²) in [6.45, 7) is 3.23. The van der Waals surface area contributed by atoms with Gasteiger partial charge in [0, 0.05) is 36.7 Å². The van der Waals surface area contributed by atoms with Crippen LogP contribution in [0.2, 0.25) is 0 Å². The van der Waals surface area contributed by atoms with Crippen LogP contribution in [0, 0.1) is 0 Å². The Morgan fingerprint density at radius 2 is 1.45 bits per heavy atom. The lowest BCUT2D eigenvalue weighted by atomic mass is 10.2. The van der Waals surface area contributed by atoms with Gasteiger partial charge in [-0.25, -0.2) is 0 Å². The van der Waals surface area contributed by atoms with E-state index in [9.17, 15) is 4.79 Å². The molecule has 0 unspecified atom stereocenters. The van der Waals surface area contributed by atoms with Gasteiger partial charge in [0.25, 0.3) is 0 Å². The molecule has 0 atom stereocenters. The van der Waals surface area contributed by atoms with Gasteiger partial charge in [-0.15, -0.1) is 0 Å². The molecule has 1 fully saturated rings. The SMILES string of the molecule is O=C(CN(Cc1ccccc1)c1ccccc1)Nc1ccc(N2CCCC2)cc1. The van der Waals surface area contributed by atoms with E-state index < -0.39 is 0 Å². The fourth-order valence-electron chi connectivity index (χ4n) is 3.79. The van der Waals surface area contributed by atoms with Crippen molar-refractivity contribution in [1.82, 2.24) is 0 Å². The fourth-order valence-corrected chi connectivity index (χ4v) is 3.79. The third kappa shape index (κ3) is 5.17. The van der Waals surface area contributed by atoms with Crippen molar-refractivity contribution in [3.63, 3.8) is 0 Å². The third-order valence-corrected chi connectivity index (χ3v) is 5.29. The van der Waals surface area contributed by atoms with Crippen LogP contribution < -0.4 is 15.1 Å². The molecule has 1 heterocycles. The number of benzene rings is 3. The van der Waals surface area contributed by atoms with Gasteiger partial charge < -0.3 is 15.1 Å². The highest BCUT2D eigenvalue weighted by Gasteiger charge is 2.14. The molecule has 4 nitrogen and oxygen atoms in total. The number of amides is 1. The van der Waals surface area contributed by atoms with Crippen LogP contribution in [0.15, 0.2) is 84.9 Å². The molecule has 0 aliphatic carbocycles. The molecular formula is C25H27N3O. The maximum absolute atomic E-state index is 12.8. The second-order valence-electron chi connectivity index (χ2n) is 7.47. The predicted octanol–water partition coefficient (Wildman–Crippen LogP) is 4.93. The van der Waals surface area contributed by atoms with Crippen LogP contribution in [0.4, 0.5) is 17.1 Å². The van der Waals surface area contributed by atoms with Crippen LogP contribution in [0.5, 0.6) is 0 Å². The second-order valence-corrected chi connectivity index (χ2v) is 7.47. The zero-order chi connectivity index (χ0) is 19.9. The van der Waals surface area contributed by atoms with Gasteiger partial charge in [0.05, 0.1) is 6.54 Å². The van der Waals surface area contributed by atoms with Gasteiger partial charge in [-0.05, 0) is 54.8 Å². The lowest BCUT2D eigenvalue weighted by Gasteiger charge is -2.24. The molecule has 0 spiro atoms. The predicted molar refractivity (Wildman–Crippen MR) is 120 cm³/mol. The van der Waals surface area contributed by atoms with Crippen LogP contribution in [0.25, 0.3) is 0 Å². The smallest absolute Gasteiger partial charge is 0.243 e. The number of carbonyl (C=O) groups excluding carboxylic acids is 1. The van der Waals surface area contributed by atoms with Crippen molar-refractivity contribution < 1.29 is 4.79 Å². The number of para-hydroxylation sites is 1. The molecule has 1 saturated heterocycles. The molecule has 0 aromatic heterocycles. The Kier molecular flexibility index (Phi) is 6.10. The van der Waals surface area contributed by atoms with E-state index in [1.807, 2.05) is 60.7 Å². The molecule has 1 aliphatic rings. The largest absolute Gasteiger partial charge is 0.372 e. The van der Waals surface area contributed by atoms with Crippen molar-refractivity contribution in [1.29, 1.82) is 0 Å². The maximum Gasteiger partial charge on any atom is 0.243 e. The first-order valence-corrected chi connectivity index (χ1v) is 10.3. The fraction of sp³-hybridized carbons (Fsp3) is 0.240. The van der Waals surface area contributed by atoms with Crippen molar-refractivity contribution >= 4 is 23.0 Å². The summed E-state index contributed by atoms with van der Waals surface area (Å²) in [5.74, 6) is -0.0151. The van der Waals surface area contributed by atoms with Crippen LogP contribution in [0.3, 0.4) is 0 Å². The average Bonchev–Trinajstić information content (AvgIpc) is 3.30. The third-order valence-electron chi connectivity index (χ3n) is 5.29. The Hall–Kier alpha value is -3.27. The molecule has 4 heteroatoms. The number of nitrogens with zero attached hydrogens (tertiary/aromatic N) is 2. The van der Waals surface area contributed by atoms with Crippen molar-refractivity contribution in [3.05, 3.63) is 90.5 Å². The first-order chi connectivity index (χ1) is 14.3. The Morgan fingerprint density at radius 3 is 2.10 bits per heavy atom. The number of anilines is 3. The van der Waals surface area contributed by atoms with E-state index in [-0.39, 0.29) is 5.91 Å². The Labute approximate surface area is 172 Å². The molecule has 0 bridgehead atoms. The van der Waals surface area contributed by atoms with E-state index in [0.717, 1.165) is 24.5 Å². The van der Waals surface area contributed by atoms with Crippen molar-refractivity contribution in [3.8, 4) is 0 Å². The van der Waals surface area contributed by atoms with E-state index in [1.54, 1.807) is 0 Å². The topological polar surface area (TPSA) is 35.6 Å². The monoisotopic (exact) mass is 385 g/mol. The molecule has 4 rings (SSSR count). The number of nitrogens with one attached hydrogen (secondary N) is 1. The summed E-state index contributed by atoms with van der Waals surface area (Å²) in [5, 5.41) is 3.05. The molecule has 3 aromatic rings. The number of hydrogen-bond acceptors (Lipinski definition) is 3. The summed E-state index contributed by atoms with van der Waals surface area (Å²) in [6, 6.07) is 28.5. The highest BCUT2D eigenvalue weighted by Crippen LogP contribution is 2.22. The molecule has 0 saturated carbocycles. The summed E-state index contributed by atoms with van der Waals surface area (Å²) < 4.78 is 0. The van der Waals surface area contributed by atoms with Crippen LogP contribution in [-0.4, -0.2) is 25.5 Å². The lowest BCUT2D eigenvalue weighted by Crippen LogP contribution is -2.32. The van der Waals surface area contributed by atoms with Crippen molar-refractivity contribution in [2.45, 2.75) is 19.4 Å². The van der Waals surface area contributed by atoms with Gasteiger partial charge in [0.15, 0.2) is 0 Å². The number of rotatable bonds is 7. The van der Waals surface area contributed by atoms with Crippen LogP contribution >= 0.6 is 0 Å². The summed E-state index contributed by atoms with van der Waals surface area (Å²) in [7, 11) is 0. The summed E-state index contributed by atoms with van der Waals surface area (Å²) in [6.07, 6.45) is 2.52. The molecule has 29 heavy (non-hydrogen) atoms. The van der Waals surface area contributed by atoms with E-state index >= 15 is 0 Å². The van der Waals surface area contributed by atoms with Gasteiger partial charge in [0.1, 0.15) is 0 Å². The summed E-state index contributed by atoms with van der Waals surface area (Å²) >= 11 is 0. The first kappa shape index (κ1) is 19.1. The molecule has 148 valence electrons. The average molecular weight is 386 g/mol. The lowest BCUT2D eigenvalue weighted by molar-refractivity contribution is -0.115. The molecular weight excluding hydrogens is 358 g/mol. The zero-order valence-electron chi connectivity index (χ0n) is 16.6. The van der Waals surface area contributed by atoms with Gasteiger partial charge in [-0.3, -0.25) is 4.79 Å². The summed E-state index contributed by atoms with van der Waals surface area (Å²) in [5.41, 5.74) is 4.29. The van der Waals surface area contributed by atoms with Crippen molar-refractivity contribution in [2.75, 3.05) is 34.8 Å². The molecule has 3 aromatic carbocycles. The number of carbonyl (C=O) groups is 1. The van der Waals surface area contributed by atoms with Crippen LogP contribution in [0.1, 0.15) is 18.4 Å².